The predicted octanol–water partition coefficient (Wildman–Crippen LogP) is 24.3. The Morgan fingerprint density at radius 2 is 0.450 bits per heavy atom. The Balaban J connectivity index is 4.38. The first-order valence-electron chi connectivity index (χ1n) is 35.3. The molecule has 0 saturated heterocycles. The number of ether oxygens (including phenoxy) is 3. The third-order valence-electron chi connectivity index (χ3n) is 15.7. The molecule has 0 bridgehead atoms. The summed E-state index contributed by atoms with van der Waals surface area (Å²) in [6, 6.07) is 0. The minimum absolute atomic E-state index is 0.0766. The van der Waals surface area contributed by atoms with E-state index in [1.807, 2.05) is 0 Å². The Labute approximate surface area is 498 Å². The summed E-state index contributed by atoms with van der Waals surface area (Å²) in [6.07, 6.45) is 88.0. The van der Waals surface area contributed by atoms with Crippen molar-refractivity contribution in [3.8, 4) is 0 Å². The third kappa shape index (κ3) is 65.9. The number of esters is 3. The maximum Gasteiger partial charge on any atom is 0.306 e. The molecule has 466 valence electrons. The van der Waals surface area contributed by atoms with Crippen molar-refractivity contribution in [2.24, 2.45) is 0 Å². The van der Waals surface area contributed by atoms with Crippen LogP contribution in [0.3, 0.4) is 0 Å². The van der Waals surface area contributed by atoms with Crippen molar-refractivity contribution in [3.63, 3.8) is 0 Å². The van der Waals surface area contributed by atoms with Gasteiger partial charge < -0.3 is 14.2 Å². The van der Waals surface area contributed by atoms with Crippen LogP contribution in [0.5, 0.6) is 0 Å². The molecule has 0 rings (SSSR count). The van der Waals surface area contributed by atoms with Gasteiger partial charge in [-0.25, -0.2) is 0 Å². The fourth-order valence-corrected chi connectivity index (χ4v) is 10.4. The Morgan fingerprint density at radius 3 is 0.700 bits per heavy atom. The maximum atomic E-state index is 13.0. The topological polar surface area (TPSA) is 78.9 Å². The fourth-order valence-electron chi connectivity index (χ4n) is 10.4. The summed E-state index contributed by atoms with van der Waals surface area (Å²) in [5, 5.41) is 0. The van der Waals surface area contributed by atoms with Gasteiger partial charge in [0.05, 0.1) is 0 Å². The molecule has 0 aliphatic heterocycles. The van der Waals surface area contributed by atoms with Crippen molar-refractivity contribution in [1.82, 2.24) is 0 Å². The smallest absolute Gasteiger partial charge is 0.306 e. The number of unbranched alkanes of at least 4 members (excludes halogenated alkanes) is 44. The van der Waals surface area contributed by atoms with Gasteiger partial charge >= 0.3 is 17.9 Å². The van der Waals surface area contributed by atoms with Gasteiger partial charge in [0.1, 0.15) is 13.2 Å². The standard InChI is InChI=1S/C74H134O6/c1-4-7-10-13-16-19-22-25-28-31-34-37-40-43-46-49-52-55-58-61-64-67-73(76)79-70-71(69-78-72(75)66-63-60-57-54-51-48-45-42-39-36-33-30-27-24-21-18-15-12-9-6-3)80-74(77)68-65-62-59-56-53-50-47-44-41-38-35-32-29-26-23-20-17-14-11-8-5-2/h22-23,25-26,31-32,34-35,40,43,71H,4-21,24,27-30,33,36-39,41-42,44-70H2,1-3H3/b25-22-,26-23-,34-31-,35-32-,43-40-. The molecule has 0 N–H and O–H groups in total. The minimum atomic E-state index is -0.783. The van der Waals surface area contributed by atoms with E-state index in [-0.39, 0.29) is 31.1 Å². The van der Waals surface area contributed by atoms with Crippen molar-refractivity contribution in [2.45, 2.75) is 380 Å². The van der Waals surface area contributed by atoms with E-state index in [0.29, 0.717) is 19.3 Å². The Kier molecular flexibility index (Phi) is 66.1. The number of hydrogen-bond donors (Lipinski definition) is 0. The van der Waals surface area contributed by atoms with Crippen LogP contribution in [-0.2, 0) is 28.6 Å². The average molecular weight is 1120 g/mol. The summed E-state index contributed by atoms with van der Waals surface area (Å²) in [7, 11) is 0. The second kappa shape index (κ2) is 68.6. The maximum absolute atomic E-state index is 13.0. The van der Waals surface area contributed by atoms with Crippen LogP contribution >= 0.6 is 0 Å². The molecule has 0 radical (unpaired) electrons. The number of carbonyl (C=O) groups excluding carboxylic acids is 3. The molecule has 6 nitrogen and oxygen atoms in total. The molecule has 0 heterocycles. The van der Waals surface area contributed by atoms with E-state index >= 15 is 0 Å². The largest absolute Gasteiger partial charge is 0.462 e. The zero-order valence-electron chi connectivity index (χ0n) is 53.6. The van der Waals surface area contributed by atoms with Gasteiger partial charge in [-0.1, -0.05) is 326 Å². The second-order valence-electron chi connectivity index (χ2n) is 23.8. The second-order valence-corrected chi connectivity index (χ2v) is 23.8. The highest BCUT2D eigenvalue weighted by atomic mass is 16.6. The van der Waals surface area contributed by atoms with Crippen LogP contribution in [0.1, 0.15) is 374 Å². The first-order valence-corrected chi connectivity index (χ1v) is 35.3. The highest BCUT2D eigenvalue weighted by Gasteiger charge is 2.19. The van der Waals surface area contributed by atoms with Gasteiger partial charge in [0.25, 0.3) is 0 Å². The number of carbonyl (C=O) groups is 3. The van der Waals surface area contributed by atoms with Gasteiger partial charge in [0.15, 0.2) is 6.10 Å². The molecule has 0 spiro atoms. The van der Waals surface area contributed by atoms with Crippen LogP contribution in [0.15, 0.2) is 60.8 Å². The van der Waals surface area contributed by atoms with E-state index < -0.39 is 6.10 Å². The molecule has 0 saturated carbocycles. The fraction of sp³-hybridized carbons (Fsp3) is 0.824. The Morgan fingerprint density at radius 1 is 0.250 bits per heavy atom. The van der Waals surface area contributed by atoms with Crippen molar-refractivity contribution in [3.05, 3.63) is 60.8 Å². The van der Waals surface area contributed by atoms with Crippen LogP contribution in [0.4, 0.5) is 0 Å². The number of allylic oxidation sites excluding steroid dienone is 10. The number of rotatable bonds is 65. The summed E-state index contributed by atoms with van der Waals surface area (Å²) in [4.78, 5) is 38.5. The zero-order chi connectivity index (χ0) is 57.8. The molecular weight excluding hydrogens is 985 g/mol. The summed E-state index contributed by atoms with van der Waals surface area (Å²) in [5.41, 5.74) is 0. The number of hydrogen-bond acceptors (Lipinski definition) is 6. The lowest BCUT2D eigenvalue weighted by Gasteiger charge is -2.18. The molecule has 0 fully saturated rings. The molecule has 1 unspecified atom stereocenters. The molecule has 80 heavy (non-hydrogen) atoms. The summed E-state index contributed by atoms with van der Waals surface area (Å²) < 4.78 is 17.0. The molecular formula is C74H134O6. The SMILES string of the molecule is CCCCCCC/C=C\C/C=C\C/C=C\CCCCCCCCC(=O)OCC(COC(=O)CCCCCCCCCCCCCCCCCCCCCC)OC(=O)CCCCCCCCCCC/C=C\C/C=C\CCCCCCC. The first kappa shape index (κ1) is 77.1. The highest BCUT2D eigenvalue weighted by Crippen LogP contribution is 2.18. The summed E-state index contributed by atoms with van der Waals surface area (Å²) >= 11 is 0. The van der Waals surface area contributed by atoms with Gasteiger partial charge in [0.2, 0.25) is 0 Å². The van der Waals surface area contributed by atoms with E-state index in [1.54, 1.807) is 0 Å². The molecule has 6 heteroatoms. The monoisotopic (exact) mass is 1120 g/mol. The molecule has 0 aromatic rings. The lowest BCUT2D eigenvalue weighted by molar-refractivity contribution is -0.167. The van der Waals surface area contributed by atoms with E-state index in [1.165, 1.54) is 250 Å². The van der Waals surface area contributed by atoms with Crippen molar-refractivity contribution in [2.75, 3.05) is 13.2 Å². The minimum Gasteiger partial charge on any atom is -0.462 e. The van der Waals surface area contributed by atoms with Crippen molar-refractivity contribution < 1.29 is 28.6 Å². The van der Waals surface area contributed by atoms with Crippen LogP contribution in [0, 0.1) is 0 Å². The Hall–Kier alpha value is -2.89. The van der Waals surface area contributed by atoms with Gasteiger partial charge in [0, 0.05) is 19.3 Å². The lowest BCUT2D eigenvalue weighted by Crippen LogP contribution is -2.30. The Bertz CT molecular complexity index is 1430. The van der Waals surface area contributed by atoms with Crippen LogP contribution in [0.25, 0.3) is 0 Å². The van der Waals surface area contributed by atoms with E-state index in [4.69, 9.17) is 14.2 Å². The summed E-state index contributed by atoms with van der Waals surface area (Å²) in [6.45, 7) is 6.67. The quantitative estimate of drug-likeness (QED) is 0.0261. The van der Waals surface area contributed by atoms with Crippen LogP contribution in [-0.4, -0.2) is 37.2 Å². The first-order chi connectivity index (χ1) is 39.5. The molecule has 0 aromatic heterocycles. The molecule has 0 aromatic carbocycles. The van der Waals surface area contributed by atoms with Crippen LogP contribution < -0.4 is 0 Å². The zero-order valence-corrected chi connectivity index (χ0v) is 53.6. The van der Waals surface area contributed by atoms with E-state index in [9.17, 15) is 14.4 Å². The van der Waals surface area contributed by atoms with E-state index in [2.05, 4.69) is 81.5 Å². The van der Waals surface area contributed by atoms with Gasteiger partial charge in [-0.2, -0.15) is 0 Å². The van der Waals surface area contributed by atoms with E-state index in [0.717, 1.165) is 83.5 Å². The normalized spacial score (nSPS) is 12.4. The predicted molar refractivity (Wildman–Crippen MR) is 348 cm³/mol. The third-order valence-corrected chi connectivity index (χ3v) is 15.7. The van der Waals surface area contributed by atoms with Crippen LogP contribution in [0.2, 0.25) is 0 Å². The van der Waals surface area contributed by atoms with Crippen molar-refractivity contribution in [1.29, 1.82) is 0 Å². The average Bonchev–Trinajstić information content (AvgIpc) is 3.46. The van der Waals surface area contributed by atoms with Gasteiger partial charge in [-0.3, -0.25) is 14.4 Å². The molecule has 0 aliphatic rings. The highest BCUT2D eigenvalue weighted by molar-refractivity contribution is 5.71. The van der Waals surface area contributed by atoms with Crippen molar-refractivity contribution >= 4 is 17.9 Å². The molecule has 1 atom stereocenters. The van der Waals surface area contributed by atoms with Gasteiger partial charge in [-0.05, 0) is 89.9 Å². The molecule has 0 aliphatic carbocycles. The lowest BCUT2D eigenvalue weighted by atomic mass is 10.0. The molecule has 0 amide bonds. The summed E-state index contributed by atoms with van der Waals surface area (Å²) in [5.74, 6) is -0.869. The van der Waals surface area contributed by atoms with Gasteiger partial charge in [-0.15, -0.1) is 0 Å².